The van der Waals surface area contributed by atoms with E-state index in [2.05, 4.69) is 31.9 Å². The van der Waals surface area contributed by atoms with Crippen molar-refractivity contribution in [3.63, 3.8) is 0 Å². The predicted molar refractivity (Wildman–Crippen MR) is 84.4 cm³/mol. The van der Waals surface area contributed by atoms with Crippen LogP contribution in [-0.2, 0) is 14.4 Å². The number of amides is 3. The first-order valence-electron chi connectivity index (χ1n) is 6.96. The van der Waals surface area contributed by atoms with Crippen molar-refractivity contribution in [3.05, 3.63) is 28.7 Å². The van der Waals surface area contributed by atoms with E-state index in [0.717, 1.165) is 9.37 Å². The minimum Gasteiger partial charge on any atom is -0.346 e. The Morgan fingerprint density at radius 1 is 1.27 bits per heavy atom. The number of hydrogen-bond acceptors (Lipinski definition) is 3. The third-order valence-corrected chi connectivity index (χ3v) is 3.91. The molecule has 0 aromatic heterocycles. The van der Waals surface area contributed by atoms with Gasteiger partial charge in [-0.1, -0.05) is 12.1 Å². The van der Waals surface area contributed by atoms with Gasteiger partial charge in [0.25, 0.3) is 11.8 Å². The lowest BCUT2D eigenvalue weighted by molar-refractivity contribution is -0.885. The van der Waals surface area contributed by atoms with Crippen LogP contribution in [0.25, 0.3) is 0 Å². The van der Waals surface area contributed by atoms with Crippen molar-refractivity contribution >= 4 is 39.3 Å². The van der Waals surface area contributed by atoms with E-state index in [1.165, 1.54) is 0 Å². The standard InChI is InChI=1S/C14H17BrN4O3/c15-10-3-1-2-4-11(10)18-12(20)7-17-14(22)9-19-6-5-16-13(21)8-19/h1-4H,5-9H2,(H,16,21)(H,17,22)(H,18,20)/p+1. The summed E-state index contributed by atoms with van der Waals surface area (Å²) in [6, 6.07) is 7.24. The van der Waals surface area contributed by atoms with Gasteiger partial charge in [-0.2, -0.15) is 0 Å². The van der Waals surface area contributed by atoms with Crippen molar-refractivity contribution in [1.29, 1.82) is 0 Å². The fraction of sp³-hybridized carbons (Fsp3) is 0.357. The van der Waals surface area contributed by atoms with E-state index in [9.17, 15) is 14.4 Å². The van der Waals surface area contributed by atoms with E-state index in [1.807, 2.05) is 18.2 Å². The van der Waals surface area contributed by atoms with Gasteiger partial charge in [-0.25, -0.2) is 0 Å². The number of quaternary nitrogens is 1. The maximum atomic E-state index is 11.8. The number of carbonyl (C=O) groups is 3. The quantitative estimate of drug-likeness (QED) is 0.510. The second-order valence-corrected chi connectivity index (χ2v) is 5.86. The molecule has 1 saturated heterocycles. The Morgan fingerprint density at radius 3 is 2.77 bits per heavy atom. The highest BCUT2D eigenvalue weighted by molar-refractivity contribution is 9.10. The highest BCUT2D eigenvalue weighted by Crippen LogP contribution is 2.20. The molecule has 3 amide bonds. The number of halogens is 1. The van der Waals surface area contributed by atoms with Crippen molar-refractivity contribution in [2.24, 2.45) is 0 Å². The largest absolute Gasteiger partial charge is 0.346 e. The molecule has 0 bridgehead atoms. The Kier molecular flexibility index (Phi) is 5.91. The molecule has 0 radical (unpaired) electrons. The van der Waals surface area contributed by atoms with Crippen LogP contribution >= 0.6 is 15.9 Å². The maximum absolute atomic E-state index is 11.8. The van der Waals surface area contributed by atoms with Gasteiger partial charge in [0.15, 0.2) is 13.1 Å². The van der Waals surface area contributed by atoms with Gasteiger partial charge >= 0.3 is 0 Å². The Balaban J connectivity index is 1.73. The van der Waals surface area contributed by atoms with E-state index in [4.69, 9.17) is 0 Å². The van der Waals surface area contributed by atoms with E-state index in [-0.39, 0.29) is 37.4 Å². The molecule has 1 heterocycles. The molecule has 1 aliphatic heterocycles. The van der Waals surface area contributed by atoms with Gasteiger partial charge in [-0.05, 0) is 28.1 Å². The zero-order chi connectivity index (χ0) is 15.9. The van der Waals surface area contributed by atoms with E-state index in [1.54, 1.807) is 6.07 Å². The first-order chi connectivity index (χ1) is 10.5. The van der Waals surface area contributed by atoms with Crippen molar-refractivity contribution < 1.29 is 19.3 Å². The second-order valence-electron chi connectivity index (χ2n) is 5.01. The van der Waals surface area contributed by atoms with Crippen molar-refractivity contribution in [2.45, 2.75) is 0 Å². The molecule has 7 nitrogen and oxygen atoms in total. The van der Waals surface area contributed by atoms with Gasteiger partial charge in [-0.15, -0.1) is 0 Å². The summed E-state index contributed by atoms with van der Waals surface area (Å²) in [6.45, 7) is 1.66. The molecule has 1 aromatic rings. The van der Waals surface area contributed by atoms with Crippen LogP contribution in [0.2, 0.25) is 0 Å². The Hall–Kier alpha value is -1.93. The van der Waals surface area contributed by atoms with Crippen molar-refractivity contribution in [3.8, 4) is 0 Å². The Labute approximate surface area is 136 Å². The monoisotopic (exact) mass is 369 g/mol. The first-order valence-corrected chi connectivity index (χ1v) is 7.75. The van der Waals surface area contributed by atoms with E-state index < -0.39 is 0 Å². The molecule has 1 atom stereocenters. The van der Waals surface area contributed by atoms with Gasteiger partial charge in [0.05, 0.1) is 25.3 Å². The van der Waals surface area contributed by atoms with Crippen LogP contribution in [-0.4, -0.2) is 50.4 Å². The summed E-state index contributed by atoms with van der Waals surface area (Å²) in [5, 5.41) is 7.98. The number of rotatable bonds is 5. The summed E-state index contributed by atoms with van der Waals surface area (Å²) in [5.41, 5.74) is 0.653. The Morgan fingerprint density at radius 2 is 2.05 bits per heavy atom. The summed E-state index contributed by atoms with van der Waals surface area (Å²) in [4.78, 5) is 35.7. The van der Waals surface area contributed by atoms with Crippen molar-refractivity contribution in [1.82, 2.24) is 10.6 Å². The Bertz CT molecular complexity index is 579. The molecule has 118 valence electrons. The van der Waals surface area contributed by atoms with Crippen molar-refractivity contribution in [2.75, 3.05) is 38.0 Å². The first kappa shape index (κ1) is 16.4. The summed E-state index contributed by atoms with van der Waals surface area (Å²) >= 11 is 3.33. The van der Waals surface area contributed by atoms with Gasteiger partial charge in [0.1, 0.15) is 0 Å². The van der Waals surface area contributed by atoms with Crippen LogP contribution in [0, 0.1) is 0 Å². The molecule has 1 aromatic carbocycles. The van der Waals surface area contributed by atoms with Gasteiger partial charge < -0.3 is 20.9 Å². The van der Waals surface area contributed by atoms with Gasteiger partial charge in [0.2, 0.25) is 5.91 Å². The number of carbonyl (C=O) groups excluding carboxylic acids is 3. The molecule has 4 N–H and O–H groups in total. The van der Waals surface area contributed by atoms with Crippen LogP contribution in [0.3, 0.4) is 0 Å². The molecule has 0 aliphatic carbocycles. The molecule has 2 rings (SSSR count). The minimum atomic E-state index is -0.299. The molecule has 0 spiro atoms. The summed E-state index contributed by atoms with van der Waals surface area (Å²) in [7, 11) is 0. The van der Waals surface area contributed by atoms with Crippen LogP contribution in [0.15, 0.2) is 28.7 Å². The number of anilines is 1. The fourth-order valence-electron chi connectivity index (χ4n) is 2.13. The average molecular weight is 370 g/mol. The van der Waals surface area contributed by atoms with Gasteiger partial charge in [-0.3, -0.25) is 14.4 Å². The summed E-state index contributed by atoms with van der Waals surface area (Å²) in [5.74, 6) is -0.598. The molecule has 0 saturated carbocycles. The SMILES string of the molecule is O=C1C[NH+](CC(=O)NCC(=O)Nc2ccccc2Br)CCN1. The summed E-state index contributed by atoms with van der Waals surface area (Å²) < 4.78 is 0.776. The minimum absolute atomic E-state index is 0.0549. The number of para-hydroxylation sites is 1. The number of benzene rings is 1. The molecule has 1 aliphatic rings. The average Bonchev–Trinajstić information content (AvgIpc) is 2.48. The zero-order valence-electron chi connectivity index (χ0n) is 11.9. The maximum Gasteiger partial charge on any atom is 0.275 e. The third-order valence-electron chi connectivity index (χ3n) is 3.22. The molecule has 22 heavy (non-hydrogen) atoms. The second kappa shape index (κ2) is 7.90. The van der Waals surface area contributed by atoms with Crippen LogP contribution < -0.4 is 20.9 Å². The highest BCUT2D eigenvalue weighted by atomic mass is 79.9. The van der Waals surface area contributed by atoms with Crippen LogP contribution in [0.5, 0.6) is 0 Å². The normalized spacial score (nSPS) is 17.5. The molecular weight excluding hydrogens is 352 g/mol. The predicted octanol–water partition coefficient (Wildman–Crippen LogP) is -1.48. The smallest absolute Gasteiger partial charge is 0.275 e. The molecule has 1 fully saturated rings. The topological polar surface area (TPSA) is 91.7 Å². The fourth-order valence-corrected chi connectivity index (χ4v) is 2.52. The zero-order valence-corrected chi connectivity index (χ0v) is 13.5. The van der Waals surface area contributed by atoms with Crippen LogP contribution in [0.4, 0.5) is 5.69 Å². The number of piperazine rings is 1. The molecular formula is C14H18BrN4O3+. The summed E-state index contributed by atoms with van der Waals surface area (Å²) in [6.07, 6.45) is 0. The number of nitrogens with one attached hydrogen (secondary N) is 4. The van der Waals surface area contributed by atoms with E-state index >= 15 is 0 Å². The number of hydrogen-bond donors (Lipinski definition) is 4. The molecule has 1 unspecified atom stereocenters. The van der Waals surface area contributed by atoms with Crippen LogP contribution in [0.1, 0.15) is 0 Å². The highest BCUT2D eigenvalue weighted by Gasteiger charge is 2.22. The lowest BCUT2D eigenvalue weighted by atomic mass is 10.3. The lowest BCUT2D eigenvalue weighted by Crippen LogP contribution is -3.16. The van der Waals surface area contributed by atoms with E-state index in [0.29, 0.717) is 18.8 Å². The third kappa shape index (κ3) is 5.12. The lowest BCUT2D eigenvalue weighted by Gasteiger charge is -2.22. The molecule has 8 heteroatoms. The van der Waals surface area contributed by atoms with Gasteiger partial charge in [0, 0.05) is 4.47 Å².